The van der Waals surface area contributed by atoms with E-state index in [1.54, 1.807) is 0 Å². The predicted octanol–water partition coefficient (Wildman–Crippen LogP) is 2.26. The van der Waals surface area contributed by atoms with Crippen LogP contribution in [-0.2, 0) is 6.54 Å². The van der Waals surface area contributed by atoms with Gasteiger partial charge in [0, 0.05) is 12.7 Å². The van der Waals surface area contributed by atoms with Gasteiger partial charge in [-0.2, -0.15) is 8.78 Å². The van der Waals surface area contributed by atoms with Gasteiger partial charge in [0.2, 0.25) is 5.88 Å². The molecule has 0 amide bonds. The van der Waals surface area contributed by atoms with Gasteiger partial charge in [0.25, 0.3) is 0 Å². The molecule has 0 saturated carbocycles. The summed E-state index contributed by atoms with van der Waals surface area (Å²) in [6, 6.07) is 0. The number of rotatable bonds is 8. The number of nitrogens with one attached hydrogen (secondary N) is 1. The van der Waals surface area contributed by atoms with Crippen LogP contribution in [0.2, 0.25) is 0 Å². The monoisotopic (exact) mass is 281 g/mol. The van der Waals surface area contributed by atoms with Crippen LogP contribution in [0, 0.1) is 0 Å². The van der Waals surface area contributed by atoms with Gasteiger partial charge in [0.1, 0.15) is 0 Å². The van der Waals surface area contributed by atoms with Gasteiger partial charge in [-0.1, -0.05) is 6.92 Å². The Morgan fingerprint density at radius 1 is 1.37 bits per heavy atom. The van der Waals surface area contributed by atoms with E-state index in [1.807, 2.05) is 6.92 Å². The zero-order chi connectivity index (χ0) is 14.3. The third-order valence-corrected chi connectivity index (χ3v) is 2.13. The van der Waals surface area contributed by atoms with Crippen molar-refractivity contribution in [3.8, 4) is 5.88 Å². The molecule has 1 heterocycles. The Kier molecular flexibility index (Phi) is 5.94. The lowest BCUT2D eigenvalue weighted by Crippen LogP contribution is -2.34. The first-order chi connectivity index (χ1) is 8.95. The molecule has 0 saturated heterocycles. The van der Waals surface area contributed by atoms with E-state index in [-0.39, 0.29) is 5.88 Å². The first kappa shape index (κ1) is 15.6. The van der Waals surface area contributed by atoms with Crippen molar-refractivity contribution >= 4 is 0 Å². The summed E-state index contributed by atoms with van der Waals surface area (Å²) in [6.07, 6.45) is -0.287. The van der Waals surface area contributed by atoms with Gasteiger partial charge in [-0.15, -0.1) is 0 Å². The van der Waals surface area contributed by atoms with E-state index in [0.29, 0.717) is 12.2 Å². The standard InChI is InChI=1S/C11H15F4N3O/c1-2-3-16-4-8-5-17-6-9(18-8)19-7-11(14,15)10(12)13/h5-6,10,16H,2-4,7H2,1H3. The molecule has 8 heteroatoms. The first-order valence-electron chi connectivity index (χ1n) is 5.76. The Labute approximate surface area is 108 Å². The minimum Gasteiger partial charge on any atom is -0.470 e. The molecule has 19 heavy (non-hydrogen) atoms. The van der Waals surface area contributed by atoms with Gasteiger partial charge < -0.3 is 10.1 Å². The molecule has 0 fully saturated rings. The van der Waals surface area contributed by atoms with Crippen molar-refractivity contribution in [1.29, 1.82) is 0 Å². The summed E-state index contributed by atoms with van der Waals surface area (Å²) >= 11 is 0. The summed E-state index contributed by atoms with van der Waals surface area (Å²) in [7, 11) is 0. The zero-order valence-electron chi connectivity index (χ0n) is 10.4. The van der Waals surface area contributed by atoms with Crippen LogP contribution >= 0.6 is 0 Å². The number of aromatic nitrogens is 2. The molecule has 1 rings (SSSR count). The summed E-state index contributed by atoms with van der Waals surface area (Å²) in [6.45, 7) is 1.75. The van der Waals surface area contributed by atoms with Gasteiger partial charge >= 0.3 is 12.3 Å². The predicted molar refractivity (Wildman–Crippen MR) is 60.5 cm³/mol. The van der Waals surface area contributed by atoms with Crippen molar-refractivity contribution in [3.05, 3.63) is 18.1 Å². The average molecular weight is 281 g/mol. The largest absolute Gasteiger partial charge is 0.470 e. The molecule has 0 aromatic carbocycles. The molecular formula is C11H15F4N3O. The van der Waals surface area contributed by atoms with Crippen molar-refractivity contribution < 1.29 is 22.3 Å². The molecule has 108 valence electrons. The molecule has 0 bridgehead atoms. The minimum absolute atomic E-state index is 0.198. The van der Waals surface area contributed by atoms with Crippen molar-refractivity contribution in [2.75, 3.05) is 13.2 Å². The van der Waals surface area contributed by atoms with Crippen LogP contribution in [-0.4, -0.2) is 35.5 Å². The van der Waals surface area contributed by atoms with Crippen LogP contribution in [0.15, 0.2) is 12.4 Å². The van der Waals surface area contributed by atoms with Gasteiger partial charge in [0.15, 0.2) is 6.61 Å². The SMILES string of the molecule is CCCNCc1cncc(OCC(F)(F)C(F)F)n1. The van der Waals surface area contributed by atoms with Gasteiger partial charge in [-0.25, -0.2) is 13.8 Å². The fourth-order valence-corrected chi connectivity index (χ4v) is 1.17. The highest BCUT2D eigenvalue weighted by Crippen LogP contribution is 2.23. The second-order valence-electron chi connectivity index (χ2n) is 3.88. The topological polar surface area (TPSA) is 47.0 Å². The highest BCUT2D eigenvalue weighted by atomic mass is 19.3. The van der Waals surface area contributed by atoms with Crippen LogP contribution in [0.3, 0.4) is 0 Å². The van der Waals surface area contributed by atoms with Crippen molar-refractivity contribution in [2.45, 2.75) is 32.2 Å². The molecule has 0 aliphatic rings. The zero-order valence-corrected chi connectivity index (χ0v) is 10.4. The van der Waals surface area contributed by atoms with E-state index in [2.05, 4.69) is 20.0 Å². The van der Waals surface area contributed by atoms with Crippen LogP contribution in [0.5, 0.6) is 5.88 Å². The molecule has 1 aromatic heterocycles. The Morgan fingerprint density at radius 3 is 2.74 bits per heavy atom. The highest BCUT2D eigenvalue weighted by molar-refractivity contribution is 5.08. The first-order valence-corrected chi connectivity index (χ1v) is 5.76. The van der Waals surface area contributed by atoms with Crippen LogP contribution in [0.25, 0.3) is 0 Å². The van der Waals surface area contributed by atoms with E-state index in [4.69, 9.17) is 0 Å². The molecule has 1 N–H and O–H groups in total. The molecule has 0 aliphatic carbocycles. The van der Waals surface area contributed by atoms with Crippen molar-refractivity contribution in [2.24, 2.45) is 0 Å². The van der Waals surface area contributed by atoms with Crippen LogP contribution in [0.1, 0.15) is 19.0 Å². The average Bonchev–Trinajstić information content (AvgIpc) is 2.37. The van der Waals surface area contributed by atoms with Gasteiger partial charge in [-0.05, 0) is 13.0 Å². The van der Waals surface area contributed by atoms with Crippen LogP contribution in [0.4, 0.5) is 17.6 Å². The number of alkyl halides is 4. The summed E-state index contributed by atoms with van der Waals surface area (Å²) in [4.78, 5) is 7.63. The molecule has 0 aliphatic heterocycles. The quantitative estimate of drug-likeness (QED) is 0.586. The van der Waals surface area contributed by atoms with E-state index in [1.165, 1.54) is 6.20 Å². The Bertz CT molecular complexity index is 390. The molecule has 0 radical (unpaired) electrons. The highest BCUT2D eigenvalue weighted by Gasteiger charge is 2.41. The molecule has 0 atom stereocenters. The third kappa shape index (κ3) is 5.37. The number of halogens is 4. The fraction of sp³-hybridized carbons (Fsp3) is 0.636. The maximum Gasteiger partial charge on any atom is 0.340 e. The number of ether oxygens (including phenoxy) is 1. The number of hydrogen-bond acceptors (Lipinski definition) is 4. The van der Waals surface area contributed by atoms with Gasteiger partial charge in [-0.3, -0.25) is 4.98 Å². The third-order valence-electron chi connectivity index (χ3n) is 2.13. The van der Waals surface area contributed by atoms with Crippen LogP contribution < -0.4 is 10.1 Å². The van der Waals surface area contributed by atoms with E-state index in [0.717, 1.165) is 19.2 Å². The van der Waals surface area contributed by atoms with E-state index in [9.17, 15) is 17.6 Å². The summed E-state index contributed by atoms with van der Waals surface area (Å²) in [5.74, 6) is -4.39. The summed E-state index contributed by atoms with van der Waals surface area (Å²) < 4.78 is 53.7. The summed E-state index contributed by atoms with van der Waals surface area (Å²) in [5, 5.41) is 3.04. The lowest BCUT2D eigenvalue weighted by atomic mass is 10.4. The summed E-state index contributed by atoms with van der Waals surface area (Å²) in [5.41, 5.74) is 0.492. The fourth-order valence-electron chi connectivity index (χ4n) is 1.17. The van der Waals surface area contributed by atoms with Gasteiger partial charge in [0.05, 0.1) is 11.9 Å². The van der Waals surface area contributed by atoms with Crippen molar-refractivity contribution in [3.63, 3.8) is 0 Å². The minimum atomic E-state index is -4.20. The number of hydrogen-bond donors (Lipinski definition) is 1. The molecule has 4 nitrogen and oxygen atoms in total. The lowest BCUT2D eigenvalue weighted by Gasteiger charge is -2.15. The maximum atomic E-state index is 12.6. The van der Waals surface area contributed by atoms with E-state index >= 15 is 0 Å². The molecule has 0 unspecified atom stereocenters. The number of nitrogens with zero attached hydrogens (tertiary/aromatic N) is 2. The smallest absolute Gasteiger partial charge is 0.340 e. The normalized spacial score (nSPS) is 11.9. The van der Waals surface area contributed by atoms with Crippen molar-refractivity contribution in [1.82, 2.24) is 15.3 Å². The Hall–Kier alpha value is -1.44. The Morgan fingerprint density at radius 2 is 2.11 bits per heavy atom. The molecular weight excluding hydrogens is 266 g/mol. The second-order valence-corrected chi connectivity index (χ2v) is 3.88. The molecule has 1 aromatic rings. The molecule has 0 spiro atoms. The van der Waals surface area contributed by atoms with E-state index < -0.39 is 19.0 Å². The maximum absolute atomic E-state index is 12.6. The lowest BCUT2D eigenvalue weighted by molar-refractivity contribution is -0.148. The second kappa shape index (κ2) is 7.22. The Balaban J connectivity index is 2.52.